The van der Waals surface area contributed by atoms with E-state index < -0.39 is 0 Å². The standard InChI is InChI=1S/C22H16N4O3S2/c27-21-18-14-8-4-10-16(14)31-20(18)24-22(26(21)13-6-2-1-3-7-13)30-12-17-23-19(29-25-17)15-9-5-11-28-15/h1-3,5-7,9,11H,4,8,10,12H2. The third kappa shape index (κ3) is 3.21. The van der Waals surface area contributed by atoms with Crippen molar-refractivity contribution in [3.63, 3.8) is 0 Å². The Morgan fingerprint density at radius 1 is 1.10 bits per heavy atom. The van der Waals surface area contributed by atoms with Gasteiger partial charge in [0, 0.05) is 4.88 Å². The van der Waals surface area contributed by atoms with Gasteiger partial charge in [0.05, 0.1) is 23.1 Å². The number of thiophene rings is 1. The molecule has 0 spiro atoms. The van der Waals surface area contributed by atoms with Gasteiger partial charge in [0.15, 0.2) is 16.7 Å². The highest BCUT2D eigenvalue weighted by atomic mass is 32.2. The number of fused-ring (bicyclic) bond motifs is 3. The van der Waals surface area contributed by atoms with Crippen LogP contribution in [0.3, 0.4) is 0 Å². The Labute approximate surface area is 184 Å². The molecule has 5 aromatic rings. The van der Waals surface area contributed by atoms with E-state index in [1.165, 1.54) is 22.2 Å². The van der Waals surface area contributed by atoms with E-state index >= 15 is 0 Å². The number of thioether (sulfide) groups is 1. The van der Waals surface area contributed by atoms with Crippen LogP contribution in [0, 0.1) is 0 Å². The first kappa shape index (κ1) is 18.6. The molecular weight excluding hydrogens is 432 g/mol. The predicted octanol–water partition coefficient (Wildman–Crippen LogP) is 4.87. The number of furan rings is 1. The zero-order valence-corrected chi connectivity index (χ0v) is 17.9. The smallest absolute Gasteiger partial charge is 0.293 e. The van der Waals surface area contributed by atoms with Crippen LogP contribution in [-0.2, 0) is 18.6 Å². The van der Waals surface area contributed by atoms with E-state index in [1.54, 1.807) is 34.3 Å². The Morgan fingerprint density at radius 2 is 2.00 bits per heavy atom. The molecule has 31 heavy (non-hydrogen) atoms. The van der Waals surface area contributed by atoms with E-state index in [9.17, 15) is 4.79 Å². The average Bonchev–Trinajstić information content (AvgIpc) is 3.57. The van der Waals surface area contributed by atoms with Crippen LogP contribution in [0.25, 0.3) is 27.6 Å². The minimum absolute atomic E-state index is 0.0116. The number of aromatic nitrogens is 4. The van der Waals surface area contributed by atoms with Crippen molar-refractivity contribution in [3.05, 3.63) is 75.3 Å². The van der Waals surface area contributed by atoms with Gasteiger partial charge in [-0.25, -0.2) is 4.98 Å². The van der Waals surface area contributed by atoms with Crippen LogP contribution in [0.1, 0.15) is 22.7 Å². The fraction of sp³-hybridized carbons (Fsp3) is 0.182. The maximum absolute atomic E-state index is 13.6. The van der Waals surface area contributed by atoms with E-state index in [-0.39, 0.29) is 5.56 Å². The van der Waals surface area contributed by atoms with E-state index in [1.807, 2.05) is 30.3 Å². The fourth-order valence-corrected chi connectivity index (χ4v) is 6.03. The molecule has 0 radical (unpaired) electrons. The Hall–Kier alpha value is -3.17. The van der Waals surface area contributed by atoms with Crippen molar-refractivity contribution in [3.8, 4) is 17.3 Å². The molecule has 1 aliphatic carbocycles. The summed E-state index contributed by atoms with van der Waals surface area (Å²) in [7, 11) is 0. The van der Waals surface area contributed by atoms with Gasteiger partial charge in [-0.3, -0.25) is 9.36 Å². The van der Waals surface area contributed by atoms with Gasteiger partial charge in [0.1, 0.15) is 4.83 Å². The number of rotatable bonds is 5. The third-order valence-electron chi connectivity index (χ3n) is 5.25. The monoisotopic (exact) mass is 448 g/mol. The first-order valence-corrected chi connectivity index (χ1v) is 11.7. The highest BCUT2D eigenvalue weighted by Crippen LogP contribution is 2.36. The molecule has 0 unspecified atom stereocenters. The first-order valence-electron chi connectivity index (χ1n) is 9.90. The van der Waals surface area contributed by atoms with Gasteiger partial charge in [-0.15, -0.1) is 11.3 Å². The van der Waals surface area contributed by atoms with E-state index in [2.05, 4.69) is 10.1 Å². The number of benzene rings is 1. The van der Waals surface area contributed by atoms with Crippen LogP contribution in [0.15, 0.2) is 67.6 Å². The molecular formula is C22H16N4O3S2. The number of hydrogen-bond acceptors (Lipinski definition) is 8. The van der Waals surface area contributed by atoms with Crippen molar-refractivity contribution in [2.45, 2.75) is 30.2 Å². The van der Waals surface area contributed by atoms with Crippen LogP contribution in [-0.4, -0.2) is 19.7 Å². The highest BCUT2D eigenvalue weighted by Gasteiger charge is 2.24. The molecule has 1 aromatic carbocycles. The lowest BCUT2D eigenvalue weighted by atomic mass is 10.2. The summed E-state index contributed by atoms with van der Waals surface area (Å²) >= 11 is 3.06. The molecule has 6 rings (SSSR count). The lowest BCUT2D eigenvalue weighted by Gasteiger charge is -2.11. The second-order valence-electron chi connectivity index (χ2n) is 7.19. The number of para-hydroxylation sites is 1. The summed E-state index contributed by atoms with van der Waals surface area (Å²) in [6.45, 7) is 0. The summed E-state index contributed by atoms with van der Waals surface area (Å²) < 4.78 is 12.3. The Balaban J connectivity index is 1.41. The minimum Gasteiger partial charge on any atom is -0.459 e. The highest BCUT2D eigenvalue weighted by molar-refractivity contribution is 7.98. The van der Waals surface area contributed by atoms with Gasteiger partial charge in [-0.05, 0) is 49.1 Å². The average molecular weight is 449 g/mol. The molecule has 0 saturated carbocycles. The van der Waals surface area contributed by atoms with Crippen LogP contribution in [0.5, 0.6) is 0 Å². The second-order valence-corrected chi connectivity index (χ2v) is 9.22. The van der Waals surface area contributed by atoms with Gasteiger partial charge in [-0.1, -0.05) is 35.1 Å². The predicted molar refractivity (Wildman–Crippen MR) is 119 cm³/mol. The van der Waals surface area contributed by atoms with Crippen molar-refractivity contribution >= 4 is 33.3 Å². The van der Waals surface area contributed by atoms with Gasteiger partial charge in [-0.2, -0.15) is 4.98 Å². The molecule has 0 N–H and O–H groups in total. The summed E-state index contributed by atoms with van der Waals surface area (Å²) in [5.41, 5.74) is 1.97. The largest absolute Gasteiger partial charge is 0.459 e. The molecule has 9 heteroatoms. The van der Waals surface area contributed by atoms with Crippen LogP contribution in [0.4, 0.5) is 0 Å². The zero-order valence-electron chi connectivity index (χ0n) is 16.3. The molecule has 154 valence electrons. The SMILES string of the molecule is O=c1c2c3c(sc2nc(SCc2noc(-c4ccco4)n2)n1-c1ccccc1)CCC3. The third-order valence-corrected chi connectivity index (χ3v) is 7.37. The van der Waals surface area contributed by atoms with Crippen LogP contribution in [0.2, 0.25) is 0 Å². The molecule has 0 bridgehead atoms. The summed E-state index contributed by atoms with van der Waals surface area (Å²) in [5, 5.41) is 5.42. The molecule has 7 nitrogen and oxygen atoms in total. The van der Waals surface area contributed by atoms with E-state index in [0.717, 1.165) is 35.2 Å². The van der Waals surface area contributed by atoms with E-state index in [4.69, 9.17) is 13.9 Å². The van der Waals surface area contributed by atoms with Gasteiger partial charge >= 0.3 is 0 Å². The van der Waals surface area contributed by atoms with Gasteiger partial charge < -0.3 is 8.94 Å². The molecule has 0 amide bonds. The van der Waals surface area contributed by atoms with Gasteiger partial charge in [0.25, 0.3) is 11.4 Å². The molecule has 1 aliphatic rings. The van der Waals surface area contributed by atoms with Crippen molar-refractivity contribution in [2.75, 3.05) is 0 Å². The Bertz CT molecular complexity index is 1440. The van der Waals surface area contributed by atoms with Crippen molar-refractivity contribution < 1.29 is 8.94 Å². The summed E-state index contributed by atoms with van der Waals surface area (Å²) in [6.07, 6.45) is 4.65. The Morgan fingerprint density at radius 3 is 2.84 bits per heavy atom. The lowest BCUT2D eigenvalue weighted by molar-refractivity contribution is 0.411. The molecule has 4 aromatic heterocycles. The molecule has 4 heterocycles. The van der Waals surface area contributed by atoms with Crippen LogP contribution >= 0.6 is 23.1 Å². The number of aryl methyl sites for hydroxylation is 2. The lowest BCUT2D eigenvalue weighted by Crippen LogP contribution is -2.21. The molecule has 0 atom stereocenters. The minimum atomic E-state index is -0.0116. The number of nitrogens with zero attached hydrogens (tertiary/aromatic N) is 4. The van der Waals surface area contributed by atoms with Gasteiger partial charge in [0.2, 0.25) is 0 Å². The summed E-state index contributed by atoms with van der Waals surface area (Å²) in [4.78, 5) is 25.0. The first-order chi connectivity index (χ1) is 15.3. The zero-order chi connectivity index (χ0) is 20.8. The normalized spacial score (nSPS) is 13.2. The fourth-order valence-electron chi connectivity index (χ4n) is 3.87. The quantitative estimate of drug-likeness (QED) is 0.280. The summed E-state index contributed by atoms with van der Waals surface area (Å²) in [6, 6.07) is 13.2. The van der Waals surface area contributed by atoms with Crippen LogP contribution < -0.4 is 5.56 Å². The summed E-state index contributed by atoms with van der Waals surface area (Å²) in [5.74, 6) is 1.79. The number of hydrogen-bond donors (Lipinski definition) is 0. The molecule has 0 fully saturated rings. The van der Waals surface area contributed by atoms with Crippen molar-refractivity contribution in [1.29, 1.82) is 0 Å². The van der Waals surface area contributed by atoms with E-state index in [0.29, 0.717) is 28.4 Å². The van der Waals surface area contributed by atoms with Crippen molar-refractivity contribution in [1.82, 2.24) is 19.7 Å². The van der Waals surface area contributed by atoms with Crippen molar-refractivity contribution in [2.24, 2.45) is 0 Å². The Kier molecular flexibility index (Phi) is 4.50. The maximum atomic E-state index is 13.6. The molecule has 0 aliphatic heterocycles. The topological polar surface area (TPSA) is 86.9 Å². The second kappa shape index (κ2) is 7.51. The molecule has 0 saturated heterocycles. The maximum Gasteiger partial charge on any atom is 0.293 e.